The summed E-state index contributed by atoms with van der Waals surface area (Å²) < 4.78 is 0. The summed E-state index contributed by atoms with van der Waals surface area (Å²) in [6, 6.07) is 0. The van der Waals surface area contributed by atoms with Gasteiger partial charge < -0.3 is 0 Å². The summed E-state index contributed by atoms with van der Waals surface area (Å²) in [5, 5.41) is 0. The Labute approximate surface area is 76.8 Å². The van der Waals surface area contributed by atoms with Gasteiger partial charge in [0, 0.05) is 0 Å². The van der Waals surface area contributed by atoms with Crippen LogP contribution in [0, 0.1) is 5.92 Å². The molecule has 0 nitrogen and oxygen atoms in total. The second-order valence-corrected chi connectivity index (χ2v) is 1.50. The van der Waals surface area contributed by atoms with Gasteiger partial charge in [0.15, 0.2) is 0 Å². The molecule has 27 valence electrons. The molecule has 5 heavy (non-hydrogen) atoms. The Kier molecular flexibility index (Phi) is 11.1. The van der Waals surface area contributed by atoms with E-state index in [0.717, 1.165) is 0 Å². The van der Waals surface area contributed by atoms with Crippen LogP contribution in [-0.4, -0.2) is 51.4 Å². The molecular weight excluding hydrogens is 87.1 g/mol. The van der Waals surface area contributed by atoms with Gasteiger partial charge in [-0.1, -0.05) is 20.8 Å². The van der Waals surface area contributed by atoms with Gasteiger partial charge in [0.05, 0.1) is 0 Å². The van der Waals surface area contributed by atoms with Crippen molar-refractivity contribution in [3.63, 3.8) is 0 Å². The monoisotopic (exact) mass is 97.0 g/mol. The van der Waals surface area contributed by atoms with E-state index >= 15 is 0 Å². The van der Waals surface area contributed by atoms with Gasteiger partial charge in [-0.2, -0.15) is 0 Å². The van der Waals surface area contributed by atoms with Crippen LogP contribution in [0.25, 0.3) is 0 Å². The van der Waals surface area contributed by atoms with Gasteiger partial charge in [0.1, 0.15) is 0 Å². The predicted molar refractivity (Wildman–Crippen MR) is 27.4 cm³/mol. The van der Waals surface area contributed by atoms with Crippen molar-refractivity contribution in [2.75, 3.05) is 0 Å². The molecule has 0 aliphatic rings. The third-order valence-corrected chi connectivity index (χ3v) is 0. The molecule has 0 saturated heterocycles. The van der Waals surface area contributed by atoms with Crippen molar-refractivity contribution in [3.8, 4) is 0 Å². The summed E-state index contributed by atoms with van der Waals surface area (Å²) in [6.07, 6.45) is 0. The summed E-state index contributed by atoms with van der Waals surface area (Å²) in [7, 11) is 0. The van der Waals surface area contributed by atoms with Crippen LogP contribution in [0.4, 0.5) is 0 Å². The number of hydrogen-bond donors (Lipinski definition) is 0. The third kappa shape index (κ3) is 27.8. The van der Waals surface area contributed by atoms with Crippen molar-refractivity contribution < 1.29 is 0 Å². The second-order valence-electron chi connectivity index (χ2n) is 1.50. The zero-order valence-electron chi connectivity index (χ0n) is 3.50. The minimum absolute atomic E-state index is 0. The van der Waals surface area contributed by atoms with Gasteiger partial charge in [0.25, 0.3) is 0 Å². The average Bonchev–Trinajstić information content (AvgIpc) is 0.811. The average molecular weight is 97.2 g/mol. The van der Waals surface area contributed by atoms with Crippen molar-refractivity contribution in [1.82, 2.24) is 0 Å². The zero-order chi connectivity index (χ0) is 3.58. The third-order valence-electron chi connectivity index (χ3n) is 0. The fraction of sp³-hybridized carbons (Fsp3) is 0.750. The van der Waals surface area contributed by atoms with Crippen LogP contribution in [0.5, 0.6) is 0 Å². The van der Waals surface area contributed by atoms with Crippen LogP contribution in [-0.2, 0) is 0 Å². The first-order valence-electron chi connectivity index (χ1n) is 1.50. The fourth-order valence-electron chi connectivity index (χ4n) is 0. The van der Waals surface area contributed by atoms with E-state index in [-0.39, 0.29) is 51.4 Å². The topological polar surface area (TPSA) is 0 Å². The quantitative estimate of drug-likeness (QED) is 0.395. The molecule has 1 heteroatoms. The van der Waals surface area contributed by atoms with E-state index in [4.69, 9.17) is 0 Å². The Morgan fingerprint density at radius 1 is 1.00 bits per heavy atom. The molecule has 0 rings (SSSR count). The molecule has 0 N–H and O–H groups in total. The maximum atomic E-state index is 2.08. The van der Waals surface area contributed by atoms with Crippen LogP contribution in [0.3, 0.4) is 0 Å². The van der Waals surface area contributed by atoms with Crippen molar-refractivity contribution >= 4 is 51.4 Å². The Morgan fingerprint density at radius 3 is 1.00 bits per heavy atom. The van der Waals surface area contributed by atoms with Crippen LogP contribution in [0.15, 0.2) is 0 Å². The first kappa shape index (κ1) is 9.81. The van der Waals surface area contributed by atoms with E-state index in [9.17, 15) is 0 Å². The first-order chi connectivity index (χ1) is 1.73. The van der Waals surface area contributed by atoms with Crippen molar-refractivity contribution in [2.45, 2.75) is 20.8 Å². The van der Waals surface area contributed by atoms with Gasteiger partial charge in [-0.25, -0.2) is 0 Å². The Bertz CT molecular complexity index is 8.36. The van der Waals surface area contributed by atoms with Crippen LogP contribution in [0.2, 0.25) is 0 Å². The van der Waals surface area contributed by atoms with Crippen molar-refractivity contribution in [2.24, 2.45) is 0 Å². The summed E-state index contributed by atoms with van der Waals surface area (Å²) in [5.41, 5.74) is 0. The van der Waals surface area contributed by atoms with Crippen LogP contribution < -0.4 is 0 Å². The molecule has 0 bridgehead atoms. The van der Waals surface area contributed by atoms with Gasteiger partial charge in [-0.05, 0) is 5.92 Å². The Morgan fingerprint density at radius 2 is 1.00 bits per heavy atom. The maximum absolute atomic E-state index is 2.08. The van der Waals surface area contributed by atoms with Gasteiger partial charge in [0.2, 0.25) is 0 Å². The zero-order valence-corrected chi connectivity index (χ0v) is 3.50. The molecule has 1 radical (unpaired) electrons. The normalized spacial score (nSPS) is 7.20. The summed E-state index contributed by atoms with van der Waals surface area (Å²) in [4.78, 5) is 0. The number of rotatable bonds is 0. The molecule has 0 saturated carbocycles. The predicted octanol–water partition coefficient (Wildman–Crippen LogP) is 0.972. The standard InChI is InChI=1S/C4H9.K.H/c1-4(2)3;;/h1-3H3;;. The Balaban J connectivity index is 0. The van der Waals surface area contributed by atoms with E-state index in [2.05, 4.69) is 20.8 Å². The van der Waals surface area contributed by atoms with Gasteiger partial charge in [-0.3, -0.25) is 0 Å². The molecule has 0 atom stereocenters. The summed E-state index contributed by atoms with van der Waals surface area (Å²) in [5.74, 6) is 1.42. The van der Waals surface area contributed by atoms with Gasteiger partial charge in [-0.15, -0.1) is 0 Å². The van der Waals surface area contributed by atoms with E-state index in [1.165, 1.54) is 5.92 Å². The summed E-state index contributed by atoms with van der Waals surface area (Å²) >= 11 is 0. The molecule has 0 unspecified atom stereocenters. The SMILES string of the molecule is C[C](C)C.[KH]. The minimum atomic E-state index is 0. The first-order valence-corrected chi connectivity index (χ1v) is 1.50. The molecule has 0 aromatic heterocycles. The molecule has 0 aromatic carbocycles. The number of hydrogen-bond acceptors (Lipinski definition) is 0. The van der Waals surface area contributed by atoms with Crippen molar-refractivity contribution in [1.29, 1.82) is 0 Å². The van der Waals surface area contributed by atoms with E-state index in [1.54, 1.807) is 0 Å². The van der Waals surface area contributed by atoms with E-state index in [1.807, 2.05) is 0 Å². The Hall–Kier alpha value is 1.64. The fourth-order valence-corrected chi connectivity index (χ4v) is 0. The van der Waals surface area contributed by atoms with E-state index < -0.39 is 0 Å². The van der Waals surface area contributed by atoms with Crippen LogP contribution in [0.1, 0.15) is 20.8 Å². The van der Waals surface area contributed by atoms with Crippen molar-refractivity contribution in [3.05, 3.63) is 5.92 Å². The summed E-state index contributed by atoms with van der Waals surface area (Å²) in [6.45, 7) is 6.25. The molecule has 0 aromatic rings. The molecule has 0 aliphatic carbocycles. The molecule has 0 spiro atoms. The molecular formula is C4H10K. The second kappa shape index (κ2) is 5.64. The van der Waals surface area contributed by atoms with E-state index in [0.29, 0.717) is 0 Å². The molecule has 0 aliphatic heterocycles. The molecule has 0 amide bonds. The van der Waals surface area contributed by atoms with Gasteiger partial charge >= 0.3 is 51.4 Å². The van der Waals surface area contributed by atoms with Crippen LogP contribution >= 0.6 is 0 Å². The molecule has 0 heterocycles. The molecule has 0 fully saturated rings.